The number of ketones is 1. The molecule has 0 saturated heterocycles. The highest BCUT2D eigenvalue weighted by molar-refractivity contribution is 9.10. The van der Waals surface area contributed by atoms with E-state index in [0.29, 0.717) is 0 Å². The van der Waals surface area contributed by atoms with Crippen molar-refractivity contribution in [1.82, 2.24) is 0 Å². The number of halogens is 4. The summed E-state index contributed by atoms with van der Waals surface area (Å²) < 4.78 is 28.4. The van der Waals surface area contributed by atoms with Crippen molar-refractivity contribution in [2.75, 3.05) is 0 Å². The molecule has 1 nitrogen and oxygen atoms in total. The third-order valence-corrected chi connectivity index (χ3v) is 3.91. The van der Waals surface area contributed by atoms with Crippen LogP contribution in [0.3, 0.4) is 0 Å². The Morgan fingerprint density at radius 1 is 1.05 bits per heavy atom. The van der Waals surface area contributed by atoms with Gasteiger partial charge in [0.2, 0.25) is 0 Å². The standard InChI is InChI=1S/C15H10Br2F2O/c16-10-3-1-2-9(6-10)7-11(20)8-12-14(18)5-4-13(17)15(12)19/h1-6H,7-8H2. The number of benzene rings is 2. The average Bonchev–Trinajstić information content (AvgIpc) is 2.39. The zero-order valence-corrected chi connectivity index (χ0v) is 13.5. The molecule has 20 heavy (non-hydrogen) atoms. The van der Waals surface area contributed by atoms with Gasteiger partial charge >= 0.3 is 0 Å². The van der Waals surface area contributed by atoms with Crippen LogP contribution in [-0.4, -0.2) is 5.78 Å². The molecule has 0 N–H and O–H groups in total. The third kappa shape index (κ3) is 3.73. The molecule has 0 atom stereocenters. The maximum Gasteiger partial charge on any atom is 0.143 e. The highest BCUT2D eigenvalue weighted by atomic mass is 79.9. The van der Waals surface area contributed by atoms with Crippen molar-refractivity contribution >= 4 is 37.6 Å². The van der Waals surface area contributed by atoms with Crippen molar-refractivity contribution in [2.45, 2.75) is 12.8 Å². The van der Waals surface area contributed by atoms with Crippen LogP contribution in [0.2, 0.25) is 0 Å². The van der Waals surface area contributed by atoms with Gasteiger partial charge in [-0.3, -0.25) is 4.79 Å². The van der Waals surface area contributed by atoms with Crippen molar-refractivity contribution in [1.29, 1.82) is 0 Å². The van der Waals surface area contributed by atoms with Crippen LogP contribution in [0.1, 0.15) is 11.1 Å². The Kier molecular flexibility index (Phi) is 5.05. The first-order chi connectivity index (χ1) is 9.47. The summed E-state index contributed by atoms with van der Waals surface area (Å²) in [7, 11) is 0. The van der Waals surface area contributed by atoms with Crippen LogP contribution >= 0.6 is 31.9 Å². The second-order valence-electron chi connectivity index (χ2n) is 4.34. The van der Waals surface area contributed by atoms with E-state index in [4.69, 9.17) is 0 Å². The Morgan fingerprint density at radius 3 is 2.50 bits per heavy atom. The van der Waals surface area contributed by atoms with Crippen molar-refractivity contribution in [2.24, 2.45) is 0 Å². The van der Waals surface area contributed by atoms with Crippen LogP contribution in [0, 0.1) is 11.6 Å². The average molecular weight is 404 g/mol. The summed E-state index contributed by atoms with van der Waals surface area (Å²) >= 11 is 6.30. The first-order valence-corrected chi connectivity index (χ1v) is 7.44. The monoisotopic (exact) mass is 402 g/mol. The van der Waals surface area contributed by atoms with E-state index in [9.17, 15) is 13.6 Å². The van der Waals surface area contributed by atoms with Gasteiger partial charge in [-0.05, 0) is 45.8 Å². The smallest absolute Gasteiger partial charge is 0.143 e. The lowest BCUT2D eigenvalue weighted by molar-refractivity contribution is -0.117. The quantitative estimate of drug-likeness (QED) is 0.667. The molecule has 0 fully saturated rings. The highest BCUT2D eigenvalue weighted by Crippen LogP contribution is 2.22. The third-order valence-electron chi connectivity index (χ3n) is 2.80. The minimum atomic E-state index is -0.715. The molecule has 104 valence electrons. The Hall–Kier alpha value is -1.07. The molecule has 5 heteroatoms. The summed E-state index contributed by atoms with van der Waals surface area (Å²) in [5, 5.41) is 0. The summed E-state index contributed by atoms with van der Waals surface area (Å²) in [6.07, 6.45) is -0.117. The van der Waals surface area contributed by atoms with Crippen LogP contribution in [0.25, 0.3) is 0 Å². The summed E-state index contributed by atoms with van der Waals surface area (Å²) in [5.74, 6) is -1.65. The van der Waals surface area contributed by atoms with Gasteiger partial charge in [0.05, 0.1) is 4.47 Å². The van der Waals surface area contributed by atoms with E-state index in [1.165, 1.54) is 6.07 Å². The number of carbonyl (C=O) groups is 1. The van der Waals surface area contributed by atoms with E-state index < -0.39 is 11.6 Å². The second-order valence-corrected chi connectivity index (χ2v) is 6.11. The maximum absolute atomic E-state index is 13.8. The van der Waals surface area contributed by atoms with E-state index in [1.54, 1.807) is 6.07 Å². The SMILES string of the molecule is O=C(Cc1cccc(Br)c1)Cc1c(F)ccc(Br)c1F. The number of hydrogen-bond acceptors (Lipinski definition) is 1. The lowest BCUT2D eigenvalue weighted by Crippen LogP contribution is -2.10. The molecule has 0 unspecified atom stereocenters. The lowest BCUT2D eigenvalue weighted by Gasteiger charge is -2.06. The van der Waals surface area contributed by atoms with Crippen LogP contribution in [0.5, 0.6) is 0 Å². The normalized spacial score (nSPS) is 10.6. The van der Waals surface area contributed by atoms with Gasteiger partial charge in [0, 0.05) is 22.9 Å². The molecule has 0 aliphatic heterocycles. The van der Waals surface area contributed by atoms with Crippen LogP contribution in [0.4, 0.5) is 8.78 Å². The molecule has 2 rings (SSSR count). The molecule has 0 aliphatic rings. The molecular formula is C15H10Br2F2O. The number of Topliss-reactive ketones (excluding diaryl/α,β-unsaturated/α-hetero) is 1. The maximum atomic E-state index is 13.8. The largest absolute Gasteiger partial charge is 0.299 e. The van der Waals surface area contributed by atoms with Crippen molar-refractivity contribution in [3.05, 3.63) is 68.1 Å². The topological polar surface area (TPSA) is 17.1 Å². The minimum absolute atomic E-state index is 0.144. The molecule has 0 spiro atoms. The van der Waals surface area contributed by atoms with Crippen molar-refractivity contribution in [3.63, 3.8) is 0 Å². The zero-order chi connectivity index (χ0) is 14.7. The summed E-state index contributed by atoms with van der Waals surface area (Å²) in [6, 6.07) is 9.71. The molecule has 0 bridgehead atoms. The molecular weight excluding hydrogens is 394 g/mol. The molecule has 0 saturated carbocycles. The summed E-state index contributed by atoms with van der Waals surface area (Å²) in [6.45, 7) is 0. The molecule has 0 heterocycles. The van der Waals surface area contributed by atoms with Gasteiger partial charge < -0.3 is 0 Å². The predicted octanol–water partition coefficient (Wildman–Crippen LogP) is 4.84. The van der Waals surface area contributed by atoms with Gasteiger partial charge in [0.1, 0.15) is 17.4 Å². The van der Waals surface area contributed by atoms with Gasteiger partial charge in [-0.2, -0.15) is 0 Å². The van der Waals surface area contributed by atoms with Gasteiger partial charge in [-0.1, -0.05) is 28.1 Å². The summed E-state index contributed by atoms with van der Waals surface area (Å²) in [4.78, 5) is 11.9. The van der Waals surface area contributed by atoms with Gasteiger partial charge in [0.25, 0.3) is 0 Å². The molecule has 0 amide bonds. The molecule has 2 aromatic rings. The number of carbonyl (C=O) groups excluding carboxylic acids is 1. The Bertz CT molecular complexity index is 656. The second kappa shape index (κ2) is 6.59. The fourth-order valence-electron chi connectivity index (χ4n) is 1.87. The predicted molar refractivity (Wildman–Crippen MR) is 80.6 cm³/mol. The van der Waals surface area contributed by atoms with E-state index in [-0.39, 0.29) is 28.7 Å². The number of rotatable bonds is 4. The molecule has 2 aromatic carbocycles. The first-order valence-electron chi connectivity index (χ1n) is 5.86. The van der Waals surface area contributed by atoms with Gasteiger partial charge in [-0.15, -0.1) is 0 Å². The Morgan fingerprint density at radius 2 is 1.80 bits per heavy atom. The van der Waals surface area contributed by atoms with Crippen LogP contribution in [0.15, 0.2) is 45.3 Å². The van der Waals surface area contributed by atoms with Crippen molar-refractivity contribution < 1.29 is 13.6 Å². The van der Waals surface area contributed by atoms with Gasteiger partial charge in [0.15, 0.2) is 0 Å². The van der Waals surface area contributed by atoms with E-state index in [2.05, 4.69) is 31.9 Å². The Labute approximate surface area is 132 Å². The minimum Gasteiger partial charge on any atom is -0.299 e. The van der Waals surface area contributed by atoms with E-state index in [0.717, 1.165) is 16.1 Å². The van der Waals surface area contributed by atoms with Crippen LogP contribution < -0.4 is 0 Å². The zero-order valence-electron chi connectivity index (χ0n) is 10.3. The molecule has 0 radical (unpaired) electrons. The fraction of sp³-hybridized carbons (Fsp3) is 0.133. The highest BCUT2D eigenvalue weighted by Gasteiger charge is 2.16. The van der Waals surface area contributed by atoms with Gasteiger partial charge in [-0.25, -0.2) is 8.78 Å². The van der Waals surface area contributed by atoms with Crippen molar-refractivity contribution in [3.8, 4) is 0 Å². The fourth-order valence-corrected chi connectivity index (χ4v) is 2.68. The van der Waals surface area contributed by atoms with E-state index in [1.807, 2.05) is 18.2 Å². The Balaban J connectivity index is 2.15. The van der Waals surface area contributed by atoms with Crippen LogP contribution in [-0.2, 0) is 17.6 Å². The van der Waals surface area contributed by atoms with E-state index >= 15 is 0 Å². The lowest BCUT2D eigenvalue weighted by atomic mass is 10.0. The number of hydrogen-bond donors (Lipinski definition) is 0. The molecule has 0 aliphatic carbocycles. The summed E-state index contributed by atoms with van der Waals surface area (Å²) in [5.41, 5.74) is 0.611. The first kappa shape index (κ1) is 15.3. The molecule has 0 aromatic heterocycles.